The summed E-state index contributed by atoms with van der Waals surface area (Å²) in [6.45, 7) is 19.8. The highest BCUT2D eigenvalue weighted by molar-refractivity contribution is 5.43. The summed E-state index contributed by atoms with van der Waals surface area (Å²) < 4.78 is 0. The zero-order chi connectivity index (χ0) is 15.2. The van der Waals surface area contributed by atoms with Crippen LogP contribution in [0, 0.1) is 12.3 Å². The molecular formula is C18H23N. The van der Waals surface area contributed by atoms with E-state index in [1.165, 1.54) is 0 Å². The summed E-state index contributed by atoms with van der Waals surface area (Å²) in [5.41, 5.74) is 15.0. The van der Waals surface area contributed by atoms with Crippen LogP contribution in [0.25, 0.3) is 0 Å². The summed E-state index contributed by atoms with van der Waals surface area (Å²) in [4.78, 5) is 0. The van der Waals surface area contributed by atoms with Crippen molar-refractivity contribution in [2.24, 2.45) is 5.73 Å². The zero-order valence-corrected chi connectivity index (χ0v) is 12.5. The Morgan fingerprint density at radius 2 is 1.53 bits per heavy atom. The Bertz CT molecular complexity index is 553. The van der Waals surface area contributed by atoms with Crippen molar-refractivity contribution in [2.45, 2.75) is 34.1 Å². The fraction of sp³-hybridized carbons (Fsp3) is 0.278. The molecule has 0 aliphatic carbocycles. The van der Waals surface area contributed by atoms with Crippen LogP contribution in [0.3, 0.4) is 0 Å². The maximum Gasteiger partial charge on any atom is 0.0786 e. The average Bonchev–Trinajstić information content (AvgIpc) is 2.35. The summed E-state index contributed by atoms with van der Waals surface area (Å²) in [5.74, 6) is 2.48. The van der Waals surface area contributed by atoms with Gasteiger partial charge in [-0.05, 0) is 56.4 Å². The van der Waals surface area contributed by atoms with Gasteiger partial charge in [-0.25, -0.2) is 0 Å². The third-order valence-corrected chi connectivity index (χ3v) is 3.08. The Morgan fingerprint density at radius 1 is 1.00 bits per heavy atom. The minimum Gasteiger partial charge on any atom is -0.392 e. The van der Waals surface area contributed by atoms with Gasteiger partial charge >= 0.3 is 0 Å². The minimum absolute atomic E-state index is 0.484. The molecule has 1 nitrogen and oxygen atoms in total. The van der Waals surface area contributed by atoms with Gasteiger partial charge in [0.1, 0.15) is 0 Å². The molecule has 0 fully saturated rings. The monoisotopic (exact) mass is 253 g/mol. The maximum atomic E-state index is 5.89. The Kier molecular flexibility index (Phi) is 6.48. The number of rotatable bonds is 5. The molecule has 0 aromatic rings. The first-order valence-electron chi connectivity index (χ1n) is 6.10. The van der Waals surface area contributed by atoms with E-state index in [2.05, 4.69) is 31.4 Å². The molecule has 1 heteroatoms. The van der Waals surface area contributed by atoms with Crippen molar-refractivity contribution in [3.63, 3.8) is 0 Å². The summed E-state index contributed by atoms with van der Waals surface area (Å²) in [7, 11) is 0. The fourth-order valence-corrected chi connectivity index (χ4v) is 1.40. The van der Waals surface area contributed by atoms with E-state index in [1.54, 1.807) is 6.92 Å². The Balaban J connectivity index is 5.13. The van der Waals surface area contributed by atoms with E-state index in [1.807, 2.05) is 20.8 Å². The fourth-order valence-electron chi connectivity index (χ4n) is 1.40. The minimum atomic E-state index is 0.484. The SMILES string of the molecule is C#CC(C)=C=C(N)C(=C)CC(=C)/C(C)=C(/C)C(=C)C. The average molecular weight is 253 g/mol. The predicted molar refractivity (Wildman–Crippen MR) is 85.3 cm³/mol. The highest BCUT2D eigenvalue weighted by atomic mass is 14.6. The summed E-state index contributed by atoms with van der Waals surface area (Å²) in [6.07, 6.45) is 5.86. The number of hydrogen-bond donors (Lipinski definition) is 1. The van der Waals surface area contributed by atoms with E-state index < -0.39 is 0 Å². The highest BCUT2D eigenvalue weighted by Crippen LogP contribution is 2.23. The van der Waals surface area contributed by atoms with Gasteiger partial charge in [-0.1, -0.05) is 37.0 Å². The van der Waals surface area contributed by atoms with Gasteiger partial charge in [0.15, 0.2) is 0 Å². The lowest BCUT2D eigenvalue weighted by Gasteiger charge is -2.12. The molecule has 0 bridgehead atoms. The molecule has 0 heterocycles. The number of terminal acetylenes is 1. The topological polar surface area (TPSA) is 26.0 Å². The molecular weight excluding hydrogens is 230 g/mol. The van der Waals surface area contributed by atoms with E-state index in [0.29, 0.717) is 17.7 Å². The quantitative estimate of drug-likeness (QED) is 0.438. The second-order valence-electron chi connectivity index (χ2n) is 4.72. The van der Waals surface area contributed by atoms with Crippen LogP contribution in [0.5, 0.6) is 0 Å². The molecule has 0 radical (unpaired) electrons. The summed E-state index contributed by atoms with van der Waals surface area (Å²) in [6, 6.07) is 0. The van der Waals surface area contributed by atoms with Gasteiger partial charge in [-0.15, -0.1) is 6.42 Å². The Hall–Kier alpha value is -2.16. The smallest absolute Gasteiger partial charge is 0.0786 e. The molecule has 0 aromatic carbocycles. The van der Waals surface area contributed by atoms with Crippen LogP contribution in [0.2, 0.25) is 0 Å². The molecule has 0 amide bonds. The zero-order valence-electron chi connectivity index (χ0n) is 12.5. The lowest BCUT2D eigenvalue weighted by Crippen LogP contribution is -2.01. The van der Waals surface area contributed by atoms with E-state index in [0.717, 1.165) is 27.9 Å². The first-order chi connectivity index (χ1) is 8.70. The third kappa shape index (κ3) is 5.34. The van der Waals surface area contributed by atoms with Crippen LogP contribution in [0.15, 0.2) is 64.6 Å². The van der Waals surface area contributed by atoms with Crippen LogP contribution < -0.4 is 5.73 Å². The molecule has 0 rings (SSSR count). The van der Waals surface area contributed by atoms with Gasteiger partial charge in [0.2, 0.25) is 0 Å². The number of allylic oxidation sites excluding steroid dienone is 5. The standard InChI is InChI=1S/C18H23N/c1-9-13(4)10-18(19)15(6)11-14(5)17(8)16(7)12(2)3/h1H,2,5-6,11,19H2,3-4,7-8H3/b17-16-. The van der Waals surface area contributed by atoms with Gasteiger partial charge in [0, 0.05) is 5.57 Å². The van der Waals surface area contributed by atoms with E-state index in [4.69, 9.17) is 12.2 Å². The molecule has 100 valence electrons. The van der Waals surface area contributed by atoms with Crippen molar-refractivity contribution in [1.82, 2.24) is 0 Å². The summed E-state index contributed by atoms with van der Waals surface area (Å²) >= 11 is 0. The normalized spacial score (nSPS) is 10.7. The molecule has 0 saturated heterocycles. The Labute approximate surface area is 117 Å². The highest BCUT2D eigenvalue weighted by Gasteiger charge is 2.06. The van der Waals surface area contributed by atoms with E-state index in [9.17, 15) is 0 Å². The molecule has 0 aromatic heterocycles. The second kappa shape index (κ2) is 7.31. The van der Waals surface area contributed by atoms with Crippen LogP contribution in [0.4, 0.5) is 0 Å². The van der Waals surface area contributed by atoms with Gasteiger partial charge < -0.3 is 5.73 Å². The Morgan fingerprint density at radius 3 is 1.95 bits per heavy atom. The molecule has 0 saturated carbocycles. The molecule has 2 N–H and O–H groups in total. The largest absolute Gasteiger partial charge is 0.392 e. The summed E-state index contributed by atoms with van der Waals surface area (Å²) in [5, 5.41) is 0. The maximum absolute atomic E-state index is 5.89. The van der Waals surface area contributed by atoms with Gasteiger partial charge in [-0.3, -0.25) is 0 Å². The first kappa shape index (κ1) is 16.8. The molecule has 0 atom stereocenters. The molecule has 19 heavy (non-hydrogen) atoms. The molecule has 0 unspecified atom stereocenters. The van der Waals surface area contributed by atoms with Crippen molar-refractivity contribution in [3.8, 4) is 12.3 Å². The van der Waals surface area contributed by atoms with Crippen LogP contribution in [-0.4, -0.2) is 0 Å². The molecule has 0 aliphatic rings. The van der Waals surface area contributed by atoms with Gasteiger partial charge in [-0.2, -0.15) is 0 Å². The molecule has 0 aliphatic heterocycles. The van der Waals surface area contributed by atoms with Crippen LogP contribution in [-0.2, 0) is 0 Å². The number of hydrogen-bond acceptors (Lipinski definition) is 1. The van der Waals surface area contributed by atoms with Crippen LogP contribution >= 0.6 is 0 Å². The molecule has 0 spiro atoms. The van der Waals surface area contributed by atoms with E-state index >= 15 is 0 Å². The predicted octanol–water partition coefficient (Wildman–Crippen LogP) is 4.42. The lowest BCUT2D eigenvalue weighted by atomic mass is 9.94. The lowest BCUT2D eigenvalue weighted by molar-refractivity contribution is 1.10. The third-order valence-electron chi connectivity index (χ3n) is 3.08. The second-order valence-corrected chi connectivity index (χ2v) is 4.72. The van der Waals surface area contributed by atoms with Gasteiger partial charge in [0.05, 0.1) is 5.70 Å². The van der Waals surface area contributed by atoms with Crippen molar-refractivity contribution in [1.29, 1.82) is 0 Å². The van der Waals surface area contributed by atoms with Crippen molar-refractivity contribution >= 4 is 0 Å². The van der Waals surface area contributed by atoms with Gasteiger partial charge in [0.25, 0.3) is 0 Å². The number of nitrogens with two attached hydrogens (primary N) is 1. The van der Waals surface area contributed by atoms with Crippen molar-refractivity contribution < 1.29 is 0 Å². The van der Waals surface area contributed by atoms with Crippen molar-refractivity contribution in [3.05, 3.63) is 64.6 Å². The van der Waals surface area contributed by atoms with Crippen LogP contribution in [0.1, 0.15) is 34.1 Å². The van der Waals surface area contributed by atoms with E-state index in [-0.39, 0.29) is 0 Å². The first-order valence-corrected chi connectivity index (χ1v) is 6.10. The van der Waals surface area contributed by atoms with Crippen molar-refractivity contribution in [2.75, 3.05) is 0 Å².